The van der Waals surface area contributed by atoms with Gasteiger partial charge >= 0.3 is 0 Å². The van der Waals surface area contributed by atoms with E-state index in [0.717, 1.165) is 5.57 Å². The molecule has 0 aromatic carbocycles. The second-order valence-electron chi connectivity index (χ2n) is 1.67. The molecule has 4 N–H and O–H groups in total. The quantitative estimate of drug-likeness (QED) is 0.242. The van der Waals surface area contributed by atoms with Gasteiger partial charge in [-0.1, -0.05) is 6.58 Å². The lowest BCUT2D eigenvalue weighted by Gasteiger charge is -1.93. The molecule has 0 bridgehead atoms. The maximum atomic E-state index is 5.31. The van der Waals surface area contributed by atoms with E-state index < -0.39 is 0 Å². The van der Waals surface area contributed by atoms with Gasteiger partial charge in [0.05, 0.1) is 0 Å². The highest BCUT2D eigenvalue weighted by Crippen LogP contribution is 1.95. The van der Waals surface area contributed by atoms with Crippen LogP contribution in [0.1, 0.15) is 6.92 Å². The highest BCUT2D eigenvalue weighted by atomic mass is 15.1. The van der Waals surface area contributed by atoms with Gasteiger partial charge in [-0.2, -0.15) is 5.10 Å². The summed E-state index contributed by atoms with van der Waals surface area (Å²) in [7, 11) is 0. The number of nitrogens with two attached hydrogens (primary N) is 2. The summed E-state index contributed by atoms with van der Waals surface area (Å²) in [5.41, 5.74) is 6.73. The van der Waals surface area contributed by atoms with Gasteiger partial charge in [-0.3, -0.25) is 0 Å². The van der Waals surface area contributed by atoms with E-state index in [1.807, 2.05) is 6.92 Å². The third-order valence-corrected chi connectivity index (χ3v) is 0.917. The Morgan fingerprint density at radius 2 is 2.22 bits per heavy atom. The molecule has 0 aliphatic rings. The summed E-state index contributed by atoms with van der Waals surface area (Å²) in [5.74, 6) is 4.83. The van der Waals surface area contributed by atoms with Crippen molar-refractivity contribution in [2.24, 2.45) is 16.7 Å². The Labute approximate surface area is 54.7 Å². The van der Waals surface area contributed by atoms with Crippen LogP contribution in [0.3, 0.4) is 0 Å². The van der Waals surface area contributed by atoms with Crippen molar-refractivity contribution in [1.29, 1.82) is 0 Å². The molecular formula is C6H11N3. The molecule has 50 valence electrons. The summed E-state index contributed by atoms with van der Waals surface area (Å²) in [6.45, 7) is 5.35. The van der Waals surface area contributed by atoms with E-state index in [9.17, 15) is 0 Å². The molecule has 0 saturated carbocycles. The summed E-state index contributed by atoms with van der Waals surface area (Å²) < 4.78 is 0. The van der Waals surface area contributed by atoms with E-state index >= 15 is 0 Å². The average Bonchev–Trinajstić information content (AvgIpc) is 1.82. The number of hydrogen-bond acceptors (Lipinski definition) is 3. The number of hydrazone groups is 1. The Balaban J connectivity index is 4.00. The molecule has 0 rings (SSSR count). The van der Waals surface area contributed by atoms with Crippen molar-refractivity contribution >= 4 is 6.21 Å². The second-order valence-corrected chi connectivity index (χ2v) is 1.67. The molecule has 0 heterocycles. The van der Waals surface area contributed by atoms with Gasteiger partial charge in [-0.05, 0) is 18.6 Å². The predicted octanol–water partition coefficient (Wildman–Crippen LogP) is 0.350. The molecule has 0 aromatic rings. The largest absolute Gasteiger partial charge is 0.399 e. The molecule has 0 radical (unpaired) electrons. The number of rotatable bonds is 2. The van der Waals surface area contributed by atoms with Crippen LogP contribution in [-0.4, -0.2) is 6.21 Å². The number of nitrogens with zero attached hydrogens (tertiary/aromatic N) is 1. The van der Waals surface area contributed by atoms with Crippen LogP contribution in [0.2, 0.25) is 0 Å². The lowest BCUT2D eigenvalue weighted by atomic mass is 10.2. The summed E-state index contributed by atoms with van der Waals surface area (Å²) >= 11 is 0. The summed E-state index contributed by atoms with van der Waals surface area (Å²) in [6.07, 6.45) is 3.16. The fraction of sp³-hybridized carbons (Fsp3) is 0.167. The minimum Gasteiger partial charge on any atom is -0.399 e. The van der Waals surface area contributed by atoms with Gasteiger partial charge in [0.15, 0.2) is 0 Å². The maximum Gasteiger partial charge on any atom is 0.0468 e. The zero-order chi connectivity index (χ0) is 7.28. The van der Waals surface area contributed by atoms with Gasteiger partial charge in [0.1, 0.15) is 0 Å². The summed E-state index contributed by atoms with van der Waals surface area (Å²) in [5, 5.41) is 3.26. The fourth-order valence-electron chi connectivity index (χ4n) is 0.262. The zero-order valence-corrected chi connectivity index (χ0v) is 5.46. The van der Waals surface area contributed by atoms with Crippen molar-refractivity contribution in [3.63, 3.8) is 0 Å². The Bertz CT molecular complexity index is 156. The Morgan fingerprint density at radius 3 is 2.56 bits per heavy atom. The van der Waals surface area contributed by atoms with Gasteiger partial charge in [0.2, 0.25) is 0 Å². The van der Waals surface area contributed by atoms with Crippen LogP contribution in [0.4, 0.5) is 0 Å². The van der Waals surface area contributed by atoms with Crippen molar-refractivity contribution in [3.05, 3.63) is 23.9 Å². The van der Waals surface area contributed by atoms with E-state index in [1.54, 1.807) is 6.08 Å². The molecule has 0 saturated heterocycles. The predicted molar refractivity (Wildman–Crippen MR) is 39.8 cm³/mol. The van der Waals surface area contributed by atoms with Crippen LogP contribution in [-0.2, 0) is 0 Å². The topological polar surface area (TPSA) is 64.4 Å². The lowest BCUT2D eigenvalue weighted by molar-refractivity contribution is 1.26. The van der Waals surface area contributed by atoms with Crippen molar-refractivity contribution in [3.8, 4) is 0 Å². The Morgan fingerprint density at radius 1 is 1.67 bits per heavy atom. The third-order valence-electron chi connectivity index (χ3n) is 0.917. The molecular weight excluding hydrogens is 114 g/mol. The van der Waals surface area contributed by atoms with Gasteiger partial charge < -0.3 is 11.6 Å². The average molecular weight is 125 g/mol. The fourth-order valence-corrected chi connectivity index (χ4v) is 0.262. The van der Waals surface area contributed by atoms with Gasteiger partial charge in [-0.25, -0.2) is 0 Å². The number of allylic oxidation sites excluding steroid dienone is 2. The molecule has 0 spiro atoms. The molecule has 0 fully saturated rings. The molecule has 0 aliphatic carbocycles. The first-order valence-electron chi connectivity index (χ1n) is 2.53. The first-order chi connectivity index (χ1) is 4.18. The summed E-state index contributed by atoms with van der Waals surface area (Å²) in [4.78, 5) is 0. The van der Waals surface area contributed by atoms with E-state index in [-0.39, 0.29) is 0 Å². The lowest BCUT2D eigenvalue weighted by Crippen LogP contribution is -1.95. The SMILES string of the molecule is C=C(N)/C(C)=C\C=N/N. The van der Waals surface area contributed by atoms with Crippen molar-refractivity contribution in [2.75, 3.05) is 0 Å². The molecule has 3 nitrogen and oxygen atoms in total. The normalized spacial score (nSPS) is 12.3. The maximum absolute atomic E-state index is 5.31. The number of hydrogen-bond donors (Lipinski definition) is 2. The van der Waals surface area contributed by atoms with Gasteiger partial charge in [-0.15, -0.1) is 0 Å². The van der Waals surface area contributed by atoms with Crippen LogP contribution >= 0.6 is 0 Å². The molecule has 0 unspecified atom stereocenters. The van der Waals surface area contributed by atoms with Crippen molar-refractivity contribution in [2.45, 2.75) is 6.92 Å². The van der Waals surface area contributed by atoms with Gasteiger partial charge in [0, 0.05) is 11.9 Å². The molecule has 0 atom stereocenters. The zero-order valence-electron chi connectivity index (χ0n) is 5.46. The van der Waals surface area contributed by atoms with Crippen molar-refractivity contribution < 1.29 is 0 Å². The summed E-state index contributed by atoms with van der Waals surface area (Å²) in [6, 6.07) is 0. The van der Waals surface area contributed by atoms with E-state index in [2.05, 4.69) is 11.7 Å². The van der Waals surface area contributed by atoms with E-state index in [4.69, 9.17) is 11.6 Å². The smallest absolute Gasteiger partial charge is 0.0468 e. The molecule has 3 heteroatoms. The standard InChI is InChI=1S/C6H11N3/c1-5(6(2)7)3-4-9-8/h3-4H,2,7-8H2,1H3/b5-3-,9-4-. The molecule has 0 aliphatic heterocycles. The van der Waals surface area contributed by atoms with Gasteiger partial charge in [0.25, 0.3) is 0 Å². The molecule has 0 amide bonds. The minimum absolute atomic E-state index is 0.537. The highest BCUT2D eigenvalue weighted by Gasteiger charge is 1.84. The van der Waals surface area contributed by atoms with Crippen LogP contribution in [0.5, 0.6) is 0 Å². The van der Waals surface area contributed by atoms with E-state index in [0.29, 0.717) is 5.70 Å². The first-order valence-corrected chi connectivity index (χ1v) is 2.53. The van der Waals surface area contributed by atoms with E-state index in [1.165, 1.54) is 6.21 Å². The Kier molecular flexibility index (Phi) is 3.20. The van der Waals surface area contributed by atoms with Crippen molar-refractivity contribution in [1.82, 2.24) is 0 Å². The second kappa shape index (κ2) is 3.72. The first kappa shape index (κ1) is 7.75. The monoisotopic (exact) mass is 125 g/mol. The molecule has 9 heavy (non-hydrogen) atoms. The third kappa shape index (κ3) is 3.34. The van der Waals surface area contributed by atoms with Crippen LogP contribution in [0, 0.1) is 0 Å². The van der Waals surface area contributed by atoms with Crippen LogP contribution < -0.4 is 11.6 Å². The minimum atomic E-state index is 0.537. The Hall–Kier alpha value is -1.25. The van der Waals surface area contributed by atoms with Crippen LogP contribution in [0.25, 0.3) is 0 Å². The van der Waals surface area contributed by atoms with Crippen LogP contribution in [0.15, 0.2) is 29.0 Å². The highest BCUT2D eigenvalue weighted by molar-refractivity contribution is 5.72. The molecule has 0 aromatic heterocycles.